The number of hydrogen-bond acceptors (Lipinski definition) is 1. The van der Waals surface area contributed by atoms with Crippen molar-refractivity contribution in [2.24, 2.45) is 0 Å². The molecule has 1 unspecified atom stereocenters. The topological polar surface area (TPSA) is 31.2 Å². The first-order valence-electron chi connectivity index (χ1n) is 5.58. The first kappa shape index (κ1) is 9.97. The van der Waals surface area contributed by atoms with Crippen LogP contribution >= 0.6 is 0 Å². The SMILES string of the molecule is O=C1[N+]=CC(c2ccccc2)c2ccccc21. The van der Waals surface area contributed by atoms with Crippen molar-refractivity contribution < 1.29 is 4.79 Å². The average Bonchev–Trinajstić information content (AvgIpc) is 2.41. The molecule has 2 aromatic carbocycles. The highest BCUT2D eigenvalue weighted by molar-refractivity contribution is 6.03. The lowest BCUT2D eigenvalue weighted by atomic mass is 9.87. The molecule has 17 heavy (non-hydrogen) atoms. The number of nitrogens with zero attached hydrogens (tertiary/aromatic N) is 1. The van der Waals surface area contributed by atoms with Gasteiger partial charge in [-0.05, 0) is 17.2 Å². The minimum absolute atomic E-state index is 0.0881. The summed E-state index contributed by atoms with van der Waals surface area (Å²) in [6.45, 7) is 0. The molecule has 0 fully saturated rings. The molecular formula is C15H11NO+. The Kier molecular flexibility index (Phi) is 2.33. The largest absolute Gasteiger partial charge is 0.483 e. The Labute approximate surface area is 99.6 Å². The average molecular weight is 221 g/mol. The molecule has 0 N–H and O–H groups in total. The van der Waals surface area contributed by atoms with Crippen molar-refractivity contribution in [3.05, 3.63) is 71.3 Å². The number of rotatable bonds is 1. The minimum atomic E-state index is -0.146. The monoisotopic (exact) mass is 221 g/mol. The molecule has 2 heteroatoms. The van der Waals surface area contributed by atoms with Crippen LogP contribution in [0, 0.1) is 0 Å². The fourth-order valence-corrected chi connectivity index (χ4v) is 2.18. The molecule has 1 aliphatic heterocycles. The first-order valence-corrected chi connectivity index (χ1v) is 5.58. The van der Waals surface area contributed by atoms with Gasteiger partial charge in [-0.2, -0.15) is 0 Å². The van der Waals surface area contributed by atoms with Gasteiger partial charge in [-0.3, -0.25) is 0 Å². The van der Waals surface area contributed by atoms with E-state index >= 15 is 0 Å². The zero-order valence-electron chi connectivity index (χ0n) is 9.21. The maximum atomic E-state index is 11.7. The van der Waals surface area contributed by atoms with Crippen molar-refractivity contribution in [2.45, 2.75) is 5.92 Å². The molecule has 1 aliphatic rings. The van der Waals surface area contributed by atoms with Crippen molar-refractivity contribution in [3.8, 4) is 0 Å². The molecule has 0 spiro atoms. The smallest absolute Gasteiger partial charge is 0.207 e. The van der Waals surface area contributed by atoms with Crippen molar-refractivity contribution in [1.82, 2.24) is 4.99 Å². The van der Waals surface area contributed by atoms with E-state index in [1.54, 1.807) is 6.21 Å². The van der Waals surface area contributed by atoms with Gasteiger partial charge in [0, 0.05) is 0 Å². The molecular weight excluding hydrogens is 210 g/mol. The van der Waals surface area contributed by atoms with E-state index in [2.05, 4.69) is 17.1 Å². The van der Waals surface area contributed by atoms with E-state index in [1.807, 2.05) is 42.5 Å². The van der Waals surface area contributed by atoms with Gasteiger partial charge in [0.15, 0.2) is 0 Å². The number of aliphatic imine (C=N–C) groups is 1. The van der Waals surface area contributed by atoms with E-state index < -0.39 is 0 Å². The number of hydrogen-bond donors (Lipinski definition) is 0. The highest BCUT2D eigenvalue weighted by Gasteiger charge is 2.31. The lowest BCUT2D eigenvalue weighted by Gasteiger charge is -2.13. The van der Waals surface area contributed by atoms with E-state index in [1.165, 1.54) is 0 Å². The Morgan fingerprint density at radius 3 is 2.41 bits per heavy atom. The van der Waals surface area contributed by atoms with E-state index in [9.17, 15) is 4.79 Å². The van der Waals surface area contributed by atoms with Gasteiger partial charge in [-0.1, -0.05) is 48.5 Å². The number of fused-ring (bicyclic) bond motifs is 1. The summed E-state index contributed by atoms with van der Waals surface area (Å²) in [7, 11) is 0. The van der Waals surface area contributed by atoms with Gasteiger partial charge < -0.3 is 0 Å². The standard InChI is InChI=1S/C15H11NO/c17-15-13-9-5-4-8-12(13)14(10-16-15)11-6-2-1-3-7-11/h1-10,14H/q+1. The van der Waals surface area contributed by atoms with Crippen molar-refractivity contribution >= 4 is 12.1 Å². The highest BCUT2D eigenvalue weighted by atomic mass is 16.1. The van der Waals surface area contributed by atoms with Gasteiger partial charge in [-0.25, -0.2) is 4.79 Å². The van der Waals surface area contributed by atoms with E-state index in [0.29, 0.717) is 5.56 Å². The van der Waals surface area contributed by atoms with Crippen LogP contribution in [-0.4, -0.2) is 12.1 Å². The molecule has 2 aromatic rings. The molecule has 2 nitrogen and oxygen atoms in total. The van der Waals surface area contributed by atoms with Gasteiger partial charge in [0.1, 0.15) is 10.6 Å². The van der Waals surface area contributed by atoms with Crippen LogP contribution in [0.3, 0.4) is 0 Å². The van der Waals surface area contributed by atoms with Crippen LogP contribution in [0.5, 0.6) is 0 Å². The Balaban J connectivity index is 2.15. The summed E-state index contributed by atoms with van der Waals surface area (Å²) < 4.78 is 0. The van der Waals surface area contributed by atoms with E-state index in [4.69, 9.17) is 0 Å². The van der Waals surface area contributed by atoms with E-state index in [0.717, 1.165) is 11.1 Å². The predicted octanol–water partition coefficient (Wildman–Crippen LogP) is 2.38. The molecule has 0 aliphatic carbocycles. The zero-order chi connectivity index (χ0) is 11.7. The van der Waals surface area contributed by atoms with Gasteiger partial charge in [-0.15, -0.1) is 0 Å². The molecule has 1 amide bonds. The van der Waals surface area contributed by atoms with Crippen LogP contribution in [0.2, 0.25) is 0 Å². The predicted molar refractivity (Wildman–Crippen MR) is 67.3 cm³/mol. The summed E-state index contributed by atoms with van der Waals surface area (Å²) >= 11 is 0. The molecule has 0 saturated carbocycles. The molecule has 81 valence electrons. The lowest BCUT2D eigenvalue weighted by molar-refractivity contribution is 0.0980. The minimum Gasteiger partial charge on any atom is -0.207 e. The van der Waals surface area contributed by atoms with Crippen molar-refractivity contribution in [2.75, 3.05) is 0 Å². The second-order valence-corrected chi connectivity index (χ2v) is 4.06. The van der Waals surface area contributed by atoms with Crippen molar-refractivity contribution in [3.63, 3.8) is 0 Å². The molecule has 1 heterocycles. The maximum Gasteiger partial charge on any atom is 0.483 e. The fourth-order valence-electron chi connectivity index (χ4n) is 2.18. The normalized spacial score (nSPS) is 17.9. The summed E-state index contributed by atoms with van der Waals surface area (Å²) in [6, 6.07) is 17.8. The summed E-state index contributed by atoms with van der Waals surface area (Å²) in [6.07, 6.45) is 1.74. The Bertz CT molecular complexity index is 587. The first-order chi connectivity index (χ1) is 8.36. The third-order valence-electron chi connectivity index (χ3n) is 3.03. The highest BCUT2D eigenvalue weighted by Crippen LogP contribution is 2.27. The van der Waals surface area contributed by atoms with Crippen LogP contribution in [0.1, 0.15) is 27.4 Å². The number of amides is 1. The van der Waals surface area contributed by atoms with Gasteiger partial charge in [0.05, 0.1) is 5.92 Å². The Morgan fingerprint density at radius 1 is 0.882 bits per heavy atom. The third-order valence-corrected chi connectivity index (χ3v) is 3.03. The molecule has 0 bridgehead atoms. The molecule has 0 saturated heterocycles. The van der Waals surface area contributed by atoms with Crippen molar-refractivity contribution in [1.29, 1.82) is 0 Å². The van der Waals surface area contributed by atoms with Crippen LogP contribution < -0.4 is 4.99 Å². The Morgan fingerprint density at radius 2 is 1.59 bits per heavy atom. The third kappa shape index (κ3) is 1.68. The van der Waals surface area contributed by atoms with Crippen LogP contribution in [-0.2, 0) is 0 Å². The van der Waals surface area contributed by atoms with Gasteiger partial charge in [0.25, 0.3) is 0 Å². The second-order valence-electron chi connectivity index (χ2n) is 4.06. The number of carbonyl (C=O) groups excluding carboxylic acids is 1. The number of benzene rings is 2. The maximum absolute atomic E-state index is 11.7. The van der Waals surface area contributed by atoms with Crippen LogP contribution in [0.25, 0.3) is 0 Å². The lowest BCUT2D eigenvalue weighted by Crippen LogP contribution is -2.21. The molecule has 1 atom stereocenters. The molecule has 0 aromatic heterocycles. The summed E-state index contributed by atoms with van der Waals surface area (Å²) in [5, 5.41) is 0. The van der Waals surface area contributed by atoms with Crippen LogP contribution in [0.4, 0.5) is 0 Å². The Hall–Kier alpha value is -2.22. The molecule has 1 radical (unpaired) electrons. The second kappa shape index (κ2) is 3.98. The zero-order valence-corrected chi connectivity index (χ0v) is 9.21. The molecule has 3 rings (SSSR count). The van der Waals surface area contributed by atoms with Gasteiger partial charge >= 0.3 is 5.91 Å². The summed E-state index contributed by atoms with van der Waals surface area (Å²) in [4.78, 5) is 15.6. The fraction of sp³-hybridized carbons (Fsp3) is 0.0667. The van der Waals surface area contributed by atoms with Crippen LogP contribution in [0.15, 0.2) is 54.6 Å². The van der Waals surface area contributed by atoms with Gasteiger partial charge in [0.2, 0.25) is 6.21 Å². The van der Waals surface area contributed by atoms with E-state index in [-0.39, 0.29) is 11.8 Å². The summed E-state index contributed by atoms with van der Waals surface area (Å²) in [5.74, 6) is -0.0575. The quantitative estimate of drug-likeness (QED) is 0.727. The number of carbonyl (C=O) groups is 1. The summed E-state index contributed by atoms with van der Waals surface area (Å²) in [5.41, 5.74) is 2.92.